The summed E-state index contributed by atoms with van der Waals surface area (Å²) >= 11 is 0. The number of hydrogen-bond donors (Lipinski definition) is 2. The van der Waals surface area contributed by atoms with Crippen molar-refractivity contribution in [2.75, 3.05) is 32.5 Å². The largest absolute Gasteiger partial charge is 0.489 e. The van der Waals surface area contributed by atoms with Gasteiger partial charge in [-0.2, -0.15) is 0 Å². The van der Waals surface area contributed by atoms with Crippen LogP contribution in [0.4, 0.5) is 15.9 Å². The molecule has 0 aliphatic rings. The Kier molecular flexibility index (Phi) is 7.06. The fourth-order valence-electron chi connectivity index (χ4n) is 3.25. The maximum absolute atomic E-state index is 13.7. The number of anilines is 2. The zero-order chi connectivity index (χ0) is 22.5. The normalized spacial score (nSPS) is 11.4. The molecular weight excluding hydrogens is 399 g/mol. The summed E-state index contributed by atoms with van der Waals surface area (Å²) in [5.41, 5.74) is 2.36. The molecule has 3 aromatic rings. The number of fused-ring (bicyclic) bond motifs is 1. The van der Waals surface area contributed by atoms with Gasteiger partial charge in [-0.1, -0.05) is 0 Å². The molecule has 8 nitrogen and oxygen atoms in total. The number of ether oxygens (including phenoxy) is 1. The smallest absolute Gasteiger partial charge is 0.267 e. The Labute approximate surface area is 181 Å². The third kappa shape index (κ3) is 5.49. The molecule has 3 rings (SSSR count). The SMILES string of the molecule is CC(C)Oc1cc(F)ccc1Nc1ncnc2cc(C(=O)NCCCN(C)C)n(C)c12. The molecule has 1 amide bonds. The molecule has 9 heteroatoms. The average Bonchev–Trinajstić information content (AvgIpc) is 3.04. The second-order valence-electron chi connectivity index (χ2n) is 7.89. The third-order valence-corrected chi connectivity index (χ3v) is 4.68. The molecule has 0 aliphatic carbocycles. The van der Waals surface area contributed by atoms with Crippen molar-refractivity contribution in [1.82, 2.24) is 24.8 Å². The number of halogens is 1. The summed E-state index contributed by atoms with van der Waals surface area (Å²) in [5.74, 6) is 0.325. The summed E-state index contributed by atoms with van der Waals surface area (Å²) in [5, 5.41) is 6.15. The number of aryl methyl sites for hydroxylation is 1. The standard InChI is InChI=1S/C22H29FN6O2/c1-14(2)31-19-11-15(23)7-8-16(19)27-21-20-17(25-13-26-21)12-18(29(20)5)22(30)24-9-6-10-28(3)4/h7-8,11-14H,6,9-10H2,1-5H3,(H,24,30)(H,25,26,27). The van der Waals surface area contributed by atoms with Crippen LogP contribution in [0.5, 0.6) is 5.75 Å². The predicted molar refractivity (Wildman–Crippen MR) is 119 cm³/mol. The number of nitrogens with zero attached hydrogens (tertiary/aromatic N) is 4. The first-order valence-corrected chi connectivity index (χ1v) is 10.2. The highest BCUT2D eigenvalue weighted by Crippen LogP contribution is 2.32. The highest BCUT2D eigenvalue weighted by atomic mass is 19.1. The number of carbonyl (C=O) groups excluding carboxylic acids is 1. The van der Waals surface area contributed by atoms with E-state index in [9.17, 15) is 9.18 Å². The van der Waals surface area contributed by atoms with E-state index in [-0.39, 0.29) is 17.8 Å². The van der Waals surface area contributed by atoms with Crippen LogP contribution < -0.4 is 15.4 Å². The van der Waals surface area contributed by atoms with E-state index in [1.54, 1.807) is 23.7 Å². The highest BCUT2D eigenvalue weighted by Gasteiger charge is 2.18. The molecule has 0 unspecified atom stereocenters. The molecule has 0 radical (unpaired) electrons. The van der Waals surface area contributed by atoms with E-state index in [2.05, 4.69) is 25.5 Å². The number of benzene rings is 1. The lowest BCUT2D eigenvalue weighted by atomic mass is 10.2. The van der Waals surface area contributed by atoms with Gasteiger partial charge in [0.2, 0.25) is 0 Å². The lowest BCUT2D eigenvalue weighted by Crippen LogP contribution is -2.28. The fraction of sp³-hybridized carbons (Fsp3) is 0.409. The van der Waals surface area contributed by atoms with Gasteiger partial charge in [-0.15, -0.1) is 0 Å². The zero-order valence-corrected chi connectivity index (χ0v) is 18.6. The number of hydrogen-bond acceptors (Lipinski definition) is 6. The van der Waals surface area contributed by atoms with Gasteiger partial charge in [0.1, 0.15) is 29.1 Å². The summed E-state index contributed by atoms with van der Waals surface area (Å²) < 4.78 is 21.2. The molecule has 166 valence electrons. The summed E-state index contributed by atoms with van der Waals surface area (Å²) in [6, 6.07) is 6.02. The molecule has 0 saturated heterocycles. The van der Waals surface area contributed by atoms with E-state index in [4.69, 9.17) is 4.74 Å². The molecule has 1 aromatic carbocycles. The van der Waals surface area contributed by atoms with Crippen LogP contribution in [0, 0.1) is 5.82 Å². The minimum absolute atomic E-state index is 0.120. The molecule has 2 N–H and O–H groups in total. The molecule has 2 aromatic heterocycles. The van der Waals surface area contributed by atoms with Gasteiger partial charge in [0, 0.05) is 19.7 Å². The molecule has 0 spiro atoms. The van der Waals surface area contributed by atoms with Gasteiger partial charge in [-0.25, -0.2) is 14.4 Å². The number of carbonyl (C=O) groups is 1. The summed E-state index contributed by atoms with van der Waals surface area (Å²) in [4.78, 5) is 23.4. The predicted octanol–water partition coefficient (Wildman–Crippen LogP) is 3.32. The van der Waals surface area contributed by atoms with E-state index >= 15 is 0 Å². The summed E-state index contributed by atoms with van der Waals surface area (Å²) in [6.07, 6.45) is 2.17. The van der Waals surface area contributed by atoms with Crippen molar-refractivity contribution in [2.24, 2.45) is 7.05 Å². The third-order valence-electron chi connectivity index (χ3n) is 4.68. The molecule has 2 heterocycles. The van der Waals surface area contributed by atoms with Gasteiger partial charge < -0.3 is 24.8 Å². The van der Waals surface area contributed by atoms with E-state index in [1.807, 2.05) is 27.9 Å². The Hall–Kier alpha value is -3.20. The van der Waals surface area contributed by atoms with Crippen molar-refractivity contribution >= 4 is 28.4 Å². The van der Waals surface area contributed by atoms with Crippen molar-refractivity contribution in [3.05, 3.63) is 42.1 Å². The highest BCUT2D eigenvalue weighted by molar-refractivity contribution is 6.00. The molecule has 0 atom stereocenters. The van der Waals surface area contributed by atoms with Gasteiger partial charge in [0.05, 0.1) is 17.3 Å². The van der Waals surface area contributed by atoms with Crippen LogP contribution in [0.3, 0.4) is 0 Å². The molecule has 0 aliphatic heterocycles. The lowest BCUT2D eigenvalue weighted by molar-refractivity contribution is 0.0944. The molecule has 0 bridgehead atoms. The quantitative estimate of drug-likeness (QED) is 0.509. The van der Waals surface area contributed by atoms with Crippen molar-refractivity contribution in [1.29, 1.82) is 0 Å². The minimum atomic E-state index is -0.388. The van der Waals surface area contributed by atoms with Crippen LogP contribution in [0.25, 0.3) is 11.0 Å². The van der Waals surface area contributed by atoms with Crippen molar-refractivity contribution in [3.8, 4) is 5.75 Å². The topological polar surface area (TPSA) is 84.3 Å². The Morgan fingerprint density at radius 2 is 2.03 bits per heavy atom. The van der Waals surface area contributed by atoms with Crippen molar-refractivity contribution in [2.45, 2.75) is 26.4 Å². The zero-order valence-electron chi connectivity index (χ0n) is 18.6. The fourth-order valence-corrected chi connectivity index (χ4v) is 3.25. The van der Waals surface area contributed by atoms with Crippen molar-refractivity contribution < 1.29 is 13.9 Å². The molecule has 0 fully saturated rings. The van der Waals surface area contributed by atoms with Crippen LogP contribution in [0.1, 0.15) is 30.8 Å². The molecule has 0 saturated carbocycles. The Morgan fingerprint density at radius 3 is 2.74 bits per heavy atom. The van der Waals surface area contributed by atoms with Crippen LogP contribution >= 0.6 is 0 Å². The molecular formula is C22H29FN6O2. The van der Waals surface area contributed by atoms with Crippen LogP contribution in [0.2, 0.25) is 0 Å². The second kappa shape index (κ2) is 9.74. The number of rotatable bonds is 9. The number of amides is 1. The van der Waals surface area contributed by atoms with Crippen LogP contribution in [-0.4, -0.2) is 58.6 Å². The monoisotopic (exact) mass is 428 g/mol. The van der Waals surface area contributed by atoms with Gasteiger partial charge in [0.15, 0.2) is 5.82 Å². The van der Waals surface area contributed by atoms with E-state index in [0.29, 0.717) is 40.5 Å². The second-order valence-corrected chi connectivity index (χ2v) is 7.89. The van der Waals surface area contributed by atoms with Crippen LogP contribution in [-0.2, 0) is 7.05 Å². The molecule has 31 heavy (non-hydrogen) atoms. The van der Waals surface area contributed by atoms with E-state index < -0.39 is 0 Å². The van der Waals surface area contributed by atoms with Gasteiger partial charge >= 0.3 is 0 Å². The minimum Gasteiger partial charge on any atom is -0.489 e. The first-order chi connectivity index (χ1) is 14.8. The Balaban J connectivity index is 1.88. The van der Waals surface area contributed by atoms with Crippen LogP contribution in [0.15, 0.2) is 30.6 Å². The summed E-state index contributed by atoms with van der Waals surface area (Å²) in [7, 11) is 5.79. The lowest BCUT2D eigenvalue weighted by Gasteiger charge is -2.16. The Bertz CT molecular complexity index is 1060. The number of nitrogens with one attached hydrogen (secondary N) is 2. The maximum Gasteiger partial charge on any atom is 0.267 e. The first kappa shape index (κ1) is 22.5. The Morgan fingerprint density at radius 1 is 1.26 bits per heavy atom. The van der Waals surface area contributed by atoms with Gasteiger partial charge in [-0.3, -0.25) is 4.79 Å². The number of aromatic nitrogens is 3. The summed E-state index contributed by atoms with van der Waals surface area (Å²) in [6.45, 7) is 5.23. The van der Waals surface area contributed by atoms with E-state index in [0.717, 1.165) is 13.0 Å². The van der Waals surface area contributed by atoms with Gasteiger partial charge in [-0.05, 0) is 59.1 Å². The maximum atomic E-state index is 13.7. The van der Waals surface area contributed by atoms with Crippen molar-refractivity contribution in [3.63, 3.8) is 0 Å². The van der Waals surface area contributed by atoms with E-state index in [1.165, 1.54) is 18.5 Å². The average molecular weight is 429 g/mol. The first-order valence-electron chi connectivity index (χ1n) is 10.2. The van der Waals surface area contributed by atoms with Gasteiger partial charge in [0.25, 0.3) is 5.91 Å².